The van der Waals surface area contributed by atoms with Crippen LogP contribution in [0.1, 0.15) is 13.8 Å². The van der Waals surface area contributed by atoms with Gasteiger partial charge in [0.15, 0.2) is 0 Å². The van der Waals surface area contributed by atoms with Gasteiger partial charge in [0.25, 0.3) is 0 Å². The summed E-state index contributed by atoms with van der Waals surface area (Å²) in [5.74, 6) is 0.0850. The average molecular weight is 169 g/mol. The Hall–Kier alpha value is -1.32. The molecule has 0 spiro atoms. The highest BCUT2D eigenvalue weighted by atomic mass is 16.6. The van der Waals surface area contributed by atoms with Gasteiger partial charge in [0.1, 0.15) is 12.3 Å². The minimum Gasteiger partial charge on any atom is -0.408 e. The summed E-state index contributed by atoms with van der Waals surface area (Å²) >= 11 is 0. The summed E-state index contributed by atoms with van der Waals surface area (Å²) in [6.45, 7) is 3.81. The van der Waals surface area contributed by atoms with E-state index in [2.05, 4.69) is 5.32 Å². The number of carbonyl (C=O) groups is 2. The van der Waals surface area contributed by atoms with E-state index in [1.807, 2.05) is 13.8 Å². The maximum atomic E-state index is 11.1. The second-order valence-corrected chi connectivity index (χ2v) is 2.95. The Morgan fingerprint density at radius 1 is 1.58 bits per heavy atom. The van der Waals surface area contributed by atoms with Crippen molar-refractivity contribution in [3.05, 3.63) is 12.0 Å². The van der Waals surface area contributed by atoms with Crippen LogP contribution in [0.4, 0.5) is 0 Å². The number of esters is 1. The molecule has 0 aromatic carbocycles. The molecule has 1 saturated heterocycles. The molecule has 0 amide bonds. The Labute approximate surface area is 70.6 Å². The average Bonchev–Trinajstić information content (AvgIpc) is 2.32. The second-order valence-electron chi connectivity index (χ2n) is 2.95. The van der Waals surface area contributed by atoms with E-state index >= 15 is 0 Å². The predicted octanol–water partition coefficient (Wildman–Crippen LogP) is 0.198. The Morgan fingerprint density at radius 3 is 2.67 bits per heavy atom. The number of hydrogen-bond donors (Lipinski definition) is 1. The highest BCUT2D eigenvalue weighted by Crippen LogP contribution is 2.14. The first-order valence-electron chi connectivity index (χ1n) is 3.79. The van der Waals surface area contributed by atoms with Gasteiger partial charge in [-0.05, 0) is 5.92 Å². The van der Waals surface area contributed by atoms with Gasteiger partial charge in [0, 0.05) is 6.08 Å². The lowest BCUT2D eigenvalue weighted by Gasteiger charge is -2.08. The van der Waals surface area contributed by atoms with E-state index in [4.69, 9.17) is 4.74 Å². The predicted molar refractivity (Wildman–Crippen MR) is 42.0 cm³/mol. The molecule has 0 saturated carbocycles. The fourth-order valence-electron chi connectivity index (χ4n) is 0.996. The minimum absolute atomic E-state index is 0.162. The number of nitrogens with one attached hydrogen (secondary N) is 1. The lowest BCUT2D eigenvalue weighted by Crippen LogP contribution is -2.31. The number of cyclic esters (lactones) is 1. The van der Waals surface area contributed by atoms with E-state index in [9.17, 15) is 9.59 Å². The molecular weight excluding hydrogens is 158 g/mol. The van der Waals surface area contributed by atoms with Crippen LogP contribution in [-0.2, 0) is 14.3 Å². The van der Waals surface area contributed by atoms with E-state index in [0.717, 1.165) is 0 Å². The Morgan fingerprint density at radius 2 is 2.25 bits per heavy atom. The van der Waals surface area contributed by atoms with Crippen LogP contribution in [0.2, 0.25) is 0 Å². The molecule has 1 rings (SSSR count). The summed E-state index contributed by atoms with van der Waals surface area (Å²) in [7, 11) is 0. The van der Waals surface area contributed by atoms with Crippen molar-refractivity contribution in [2.24, 2.45) is 5.92 Å². The molecular formula is C8H11NO3. The summed E-state index contributed by atoms with van der Waals surface area (Å²) in [5.41, 5.74) is 0. The van der Waals surface area contributed by atoms with Crippen LogP contribution in [0.5, 0.6) is 0 Å². The molecule has 1 unspecified atom stereocenters. The van der Waals surface area contributed by atoms with Gasteiger partial charge in [0.05, 0.1) is 0 Å². The van der Waals surface area contributed by atoms with Gasteiger partial charge < -0.3 is 10.1 Å². The van der Waals surface area contributed by atoms with Crippen molar-refractivity contribution in [1.82, 2.24) is 5.32 Å². The third kappa shape index (κ3) is 1.64. The molecule has 0 aromatic heterocycles. The Bertz CT molecular complexity index is 232. The quantitative estimate of drug-likeness (QED) is 0.364. The Balaban J connectivity index is 2.68. The molecule has 4 nitrogen and oxygen atoms in total. The zero-order chi connectivity index (χ0) is 9.14. The van der Waals surface area contributed by atoms with E-state index in [0.29, 0.717) is 6.29 Å². The molecule has 12 heavy (non-hydrogen) atoms. The fraction of sp³-hybridized carbons (Fsp3) is 0.500. The van der Waals surface area contributed by atoms with Gasteiger partial charge in [-0.3, -0.25) is 4.79 Å². The van der Waals surface area contributed by atoms with E-state index in [1.54, 1.807) is 0 Å². The zero-order valence-electron chi connectivity index (χ0n) is 7.03. The second kappa shape index (κ2) is 3.38. The maximum Gasteiger partial charge on any atom is 0.335 e. The lowest BCUT2D eigenvalue weighted by atomic mass is 10.1. The van der Waals surface area contributed by atoms with E-state index in [1.165, 1.54) is 6.08 Å². The summed E-state index contributed by atoms with van der Waals surface area (Å²) in [6, 6.07) is -0.323. The molecule has 0 aliphatic carbocycles. The van der Waals surface area contributed by atoms with Crippen molar-refractivity contribution in [3.63, 3.8) is 0 Å². The first-order chi connectivity index (χ1) is 5.65. The number of ether oxygens (including phenoxy) is 1. The molecule has 4 heteroatoms. The normalized spacial score (nSPS) is 25.8. The van der Waals surface area contributed by atoms with Crippen molar-refractivity contribution in [3.8, 4) is 0 Å². The van der Waals surface area contributed by atoms with Crippen LogP contribution in [-0.4, -0.2) is 18.3 Å². The molecule has 1 heterocycles. The largest absolute Gasteiger partial charge is 0.408 e. The van der Waals surface area contributed by atoms with Gasteiger partial charge >= 0.3 is 5.97 Å². The number of rotatable bonds is 2. The zero-order valence-corrected chi connectivity index (χ0v) is 7.03. The lowest BCUT2D eigenvalue weighted by molar-refractivity contribution is -0.137. The highest BCUT2D eigenvalue weighted by Gasteiger charge is 2.31. The monoisotopic (exact) mass is 169 g/mol. The number of allylic oxidation sites excluding steroid dienone is 1. The molecule has 0 bridgehead atoms. The molecule has 0 aromatic rings. The van der Waals surface area contributed by atoms with Gasteiger partial charge in [-0.1, -0.05) is 13.8 Å². The van der Waals surface area contributed by atoms with Crippen molar-refractivity contribution in [1.29, 1.82) is 0 Å². The Kier molecular flexibility index (Phi) is 2.47. The van der Waals surface area contributed by atoms with Crippen LogP contribution >= 0.6 is 0 Å². The molecule has 0 radical (unpaired) electrons. The molecule has 1 N–H and O–H groups in total. The van der Waals surface area contributed by atoms with Crippen molar-refractivity contribution < 1.29 is 14.3 Å². The van der Waals surface area contributed by atoms with Crippen LogP contribution in [0, 0.1) is 5.92 Å². The highest BCUT2D eigenvalue weighted by molar-refractivity contribution is 5.81. The van der Waals surface area contributed by atoms with Crippen molar-refractivity contribution in [2.45, 2.75) is 19.9 Å². The topological polar surface area (TPSA) is 55.4 Å². The number of hydrogen-bond acceptors (Lipinski definition) is 4. The molecule has 1 fully saturated rings. The molecule has 1 aliphatic heterocycles. The molecule has 1 aliphatic rings. The molecule has 1 atom stereocenters. The van der Waals surface area contributed by atoms with Gasteiger partial charge in [0.2, 0.25) is 5.88 Å². The summed E-state index contributed by atoms with van der Waals surface area (Å²) in [5, 5.41) is 2.80. The minimum atomic E-state index is -0.323. The summed E-state index contributed by atoms with van der Waals surface area (Å²) < 4.78 is 4.76. The summed E-state index contributed by atoms with van der Waals surface area (Å²) in [6.07, 6.45) is 1.78. The SMILES string of the molecule is CC(C)C1N/C(=C\C=O)OC1=O. The van der Waals surface area contributed by atoms with Crippen molar-refractivity contribution >= 4 is 12.3 Å². The standard InChI is InChI=1S/C8H11NO3/c1-5(2)7-8(11)12-6(9-7)3-4-10/h3-5,7,9H,1-2H3/b6-3+. The number of carbonyl (C=O) groups excluding carboxylic acids is 2. The van der Waals surface area contributed by atoms with Crippen LogP contribution in [0.25, 0.3) is 0 Å². The van der Waals surface area contributed by atoms with Crippen LogP contribution in [0.15, 0.2) is 12.0 Å². The first-order valence-corrected chi connectivity index (χ1v) is 3.79. The van der Waals surface area contributed by atoms with E-state index < -0.39 is 0 Å². The van der Waals surface area contributed by atoms with Gasteiger partial charge in [-0.15, -0.1) is 0 Å². The number of aldehydes is 1. The smallest absolute Gasteiger partial charge is 0.335 e. The third-order valence-electron chi connectivity index (χ3n) is 1.65. The first kappa shape index (κ1) is 8.77. The molecule has 66 valence electrons. The van der Waals surface area contributed by atoms with Crippen LogP contribution < -0.4 is 5.32 Å². The van der Waals surface area contributed by atoms with Gasteiger partial charge in [-0.2, -0.15) is 0 Å². The van der Waals surface area contributed by atoms with Crippen molar-refractivity contribution in [2.75, 3.05) is 0 Å². The third-order valence-corrected chi connectivity index (χ3v) is 1.65. The summed E-state index contributed by atoms with van der Waals surface area (Å²) in [4.78, 5) is 21.1. The van der Waals surface area contributed by atoms with E-state index in [-0.39, 0.29) is 23.8 Å². The maximum absolute atomic E-state index is 11.1. The van der Waals surface area contributed by atoms with Gasteiger partial charge in [-0.25, -0.2) is 4.79 Å². The van der Waals surface area contributed by atoms with Crippen LogP contribution in [0.3, 0.4) is 0 Å². The fourth-order valence-corrected chi connectivity index (χ4v) is 0.996.